The largest absolute Gasteiger partial charge is 0.419 e. The topological polar surface area (TPSA) is 80.7 Å². The Labute approximate surface area is 204 Å². The maximum Gasteiger partial charge on any atom is 0.419 e. The summed E-state index contributed by atoms with van der Waals surface area (Å²) in [6, 6.07) is 15.4. The van der Waals surface area contributed by atoms with E-state index in [1.165, 1.54) is 27.6 Å². The predicted molar refractivity (Wildman–Crippen MR) is 135 cm³/mol. The van der Waals surface area contributed by atoms with Gasteiger partial charge in [-0.25, -0.2) is 13.2 Å². The molecule has 0 atom stereocenters. The lowest BCUT2D eigenvalue weighted by atomic mass is 9.81. The lowest BCUT2D eigenvalue weighted by Crippen LogP contribution is -2.56. The van der Waals surface area contributed by atoms with E-state index < -0.39 is 15.8 Å². The van der Waals surface area contributed by atoms with Crippen LogP contribution in [0.5, 0.6) is 0 Å². The second-order valence-corrected chi connectivity index (χ2v) is 11.4. The van der Waals surface area contributed by atoms with Crippen LogP contribution in [0, 0.1) is 6.92 Å². The van der Waals surface area contributed by atoms with Crippen molar-refractivity contribution in [2.45, 2.75) is 37.1 Å². The zero-order valence-corrected chi connectivity index (χ0v) is 20.9. The summed E-state index contributed by atoms with van der Waals surface area (Å²) < 4.78 is 37.5. The standard InChI is InChI=1S/C26H28N4O4S/c1-4-30-22-16-18(2)7-9-20(22)29-13-5-6-24(29)26(30)11-14-28(15-12-26)35(32,33)19-8-10-21-23(17-19)34-25(31)27(21)3/h5-10,13,16-17H,4,11-12,14-15H2,1-3H3. The molecule has 1 saturated heterocycles. The molecule has 9 heteroatoms. The second-order valence-electron chi connectivity index (χ2n) is 9.49. The van der Waals surface area contributed by atoms with Crippen LogP contribution in [0.25, 0.3) is 16.8 Å². The fraction of sp³-hybridized carbons (Fsp3) is 0.346. The number of anilines is 1. The number of hydrogen-bond donors (Lipinski definition) is 0. The van der Waals surface area contributed by atoms with Gasteiger partial charge in [-0.05, 0) is 68.7 Å². The summed E-state index contributed by atoms with van der Waals surface area (Å²) >= 11 is 0. The summed E-state index contributed by atoms with van der Waals surface area (Å²) in [5.41, 5.74) is 5.34. The third-order valence-electron chi connectivity index (χ3n) is 7.69. The van der Waals surface area contributed by atoms with Gasteiger partial charge in [-0.15, -0.1) is 0 Å². The molecular weight excluding hydrogens is 464 g/mol. The van der Waals surface area contributed by atoms with Crippen molar-refractivity contribution in [3.8, 4) is 5.69 Å². The number of fused-ring (bicyclic) bond motifs is 5. The van der Waals surface area contributed by atoms with Gasteiger partial charge in [0.2, 0.25) is 10.0 Å². The first-order valence-electron chi connectivity index (χ1n) is 11.9. The van der Waals surface area contributed by atoms with Crippen LogP contribution in [-0.2, 0) is 22.6 Å². The lowest BCUT2D eigenvalue weighted by Gasteiger charge is -2.52. The Kier molecular flexibility index (Phi) is 4.82. The van der Waals surface area contributed by atoms with Gasteiger partial charge < -0.3 is 13.9 Å². The van der Waals surface area contributed by atoms with Crippen molar-refractivity contribution in [1.29, 1.82) is 0 Å². The number of aryl methyl sites for hydroxylation is 2. The highest BCUT2D eigenvalue weighted by Crippen LogP contribution is 2.48. The van der Waals surface area contributed by atoms with Crippen molar-refractivity contribution in [2.75, 3.05) is 24.5 Å². The van der Waals surface area contributed by atoms with Crippen LogP contribution in [0.4, 0.5) is 5.69 Å². The molecule has 1 fully saturated rings. The lowest BCUT2D eigenvalue weighted by molar-refractivity contribution is 0.215. The first-order valence-corrected chi connectivity index (χ1v) is 13.4. The van der Waals surface area contributed by atoms with Crippen molar-refractivity contribution in [2.24, 2.45) is 7.05 Å². The van der Waals surface area contributed by atoms with Gasteiger partial charge in [0.1, 0.15) is 0 Å². The first kappa shape index (κ1) is 22.2. The van der Waals surface area contributed by atoms with Gasteiger partial charge in [0, 0.05) is 44.6 Å². The Morgan fingerprint density at radius 1 is 1.03 bits per heavy atom. The number of benzene rings is 2. The Bertz CT molecular complexity index is 1620. The summed E-state index contributed by atoms with van der Waals surface area (Å²) in [5.74, 6) is -0.509. The number of nitrogens with zero attached hydrogens (tertiary/aromatic N) is 4. The van der Waals surface area contributed by atoms with Gasteiger partial charge in [0.15, 0.2) is 5.58 Å². The summed E-state index contributed by atoms with van der Waals surface area (Å²) in [6.45, 7) is 5.91. The maximum atomic E-state index is 13.6. The number of rotatable bonds is 3. The minimum Gasteiger partial charge on any atom is -0.408 e. The molecule has 8 nitrogen and oxygen atoms in total. The van der Waals surface area contributed by atoms with Crippen molar-refractivity contribution in [1.82, 2.24) is 13.4 Å². The molecule has 2 aliphatic rings. The first-order chi connectivity index (χ1) is 16.8. The molecule has 0 N–H and O–H groups in total. The number of oxazole rings is 1. The number of hydrogen-bond acceptors (Lipinski definition) is 5. The molecule has 6 rings (SSSR count). The molecule has 0 unspecified atom stereocenters. The van der Waals surface area contributed by atoms with Crippen molar-refractivity contribution >= 4 is 26.8 Å². The van der Waals surface area contributed by atoms with Crippen molar-refractivity contribution in [3.05, 3.63) is 76.5 Å². The summed E-state index contributed by atoms with van der Waals surface area (Å²) in [6.07, 6.45) is 3.46. The van der Waals surface area contributed by atoms with Crippen LogP contribution in [0.2, 0.25) is 0 Å². The van der Waals surface area contributed by atoms with Gasteiger partial charge in [-0.3, -0.25) is 4.57 Å². The molecule has 0 amide bonds. The quantitative estimate of drug-likeness (QED) is 0.435. The SMILES string of the molecule is CCN1c2cc(C)ccc2-n2cccc2C12CCN(S(=O)(=O)c1ccc3c(c1)oc(=O)n3C)CC2. The zero-order chi connectivity index (χ0) is 24.5. The molecule has 182 valence electrons. The van der Waals surface area contributed by atoms with E-state index in [0.717, 1.165) is 12.2 Å². The van der Waals surface area contributed by atoms with E-state index in [2.05, 4.69) is 59.8 Å². The molecule has 2 aromatic heterocycles. The van der Waals surface area contributed by atoms with Crippen LogP contribution < -0.4 is 10.7 Å². The van der Waals surface area contributed by atoms with Crippen molar-refractivity contribution < 1.29 is 12.8 Å². The third kappa shape index (κ3) is 3.07. The van der Waals surface area contributed by atoms with E-state index in [0.29, 0.717) is 31.4 Å². The molecule has 0 bridgehead atoms. The van der Waals surface area contributed by atoms with Gasteiger partial charge in [-0.2, -0.15) is 4.31 Å². The fourth-order valence-electron chi connectivity index (χ4n) is 5.91. The Balaban J connectivity index is 1.35. The molecule has 35 heavy (non-hydrogen) atoms. The van der Waals surface area contributed by atoms with Gasteiger partial charge >= 0.3 is 5.76 Å². The van der Waals surface area contributed by atoms with Crippen molar-refractivity contribution in [3.63, 3.8) is 0 Å². The van der Waals surface area contributed by atoms with Crippen LogP contribution >= 0.6 is 0 Å². The normalized spacial score (nSPS) is 17.6. The van der Waals surface area contributed by atoms with Crippen LogP contribution in [0.3, 0.4) is 0 Å². The fourth-order valence-corrected chi connectivity index (χ4v) is 7.37. The zero-order valence-electron chi connectivity index (χ0n) is 20.1. The van der Waals surface area contributed by atoms with Gasteiger partial charge in [0.05, 0.1) is 27.3 Å². The Hall–Kier alpha value is -3.30. The highest BCUT2D eigenvalue weighted by molar-refractivity contribution is 7.89. The molecule has 1 spiro atoms. The van der Waals surface area contributed by atoms with Crippen LogP contribution in [0.1, 0.15) is 31.0 Å². The summed E-state index contributed by atoms with van der Waals surface area (Å²) in [5, 5.41) is 0. The van der Waals surface area contributed by atoms with E-state index in [9.17, 15) is 13.2 Å². The highest BCUT2D eigenvalue weighted by atomic mass is 32.2. The predicted octanol–water partition coefficient (Wildman–Crippen LogP) is 3.75. The van der Waals surface area contributed by atoms with E-state index >= 15 is 0 Å². The minimum absolute atomic E-state index is 0.149. The van der Waals surface area contributed by atoms with E-state index in [4.69, 9.17) is 4.42 Å². The molecular formula is C26H28N4O4S. The average Bonchev–Trinajstić information content (AvgIpc) is 3.45. The Morgan fingerprint density at radius 2 is 1.80 bits per heavy atom. The van der Waals surface area contributed by atoms with Crippen LogP contribution in [0.15, 0.2) is 68.8 Å². The van der Waals surface area contributed by atoms with Gasteiger partial charge in [0.25, 0.3) is 0 Å². The Morgan fingerprint density at radius 3 is 2.54 bits per heavy atom. The molecule has 0 aliphatic carbocycles. The van der Waals surface area contributed by atoms with Crippen LogP contribution in [-0.4, -0.2) is 41.5 Å². The smallest absolute Gasteiger partial charge is 0.408 e. The highest BCUT2D eigenvalue weighted by Gasteiger charge is 2.48. The number of piperidine rings is 1. The summed E-state index contributed by atoms with van der Waals surface area (Å²) in [7, 11) is -2.13. The maximum absolute atomic E-state index is 13.6. The summed E-state index contributed by atoms with van der Waals surface area (Å²) in [4.78, 5) is 14.5. The second kappa shape index (κ2) is 7.60. The third-order valence-corrected chi connectivity index (χ3v) is 9.59. The van der Waals surface area contributed by atoms with E-state index in [1.807, 2.05) is 0 Å². The van der Waals surface area contributed by atoms with Gasteiger partial charge in [-0.1, -0.05) is 6.07 Å². The van der Waals surface area contributed by atoms with E-state index in [1.54, 1.807) is 23.5 Å². The number of aromatic nitrogens is 2. The van der Waals surface area contributed by atoms with E-state index in [-0.39, 0.29) is 16.0 Å². The average molecular weight is 493 g/mol. The molecule has 4 heterocycles. The number of sulfonamides is 1. The molecule has 4 aromatic rings. The molecule has 2 aliphatic heterocycles. The molecule has 0 radical (unpaired) electrons. The molecule has 0 saturated carbocycles. The molecule has 2 aromatic carbocycles. The minimum atomic E-state index is -3.73. The monoisotopic (exact) mass is 492 g/mol.